The Hall–Kier alpha value is -1.81. The van der Waals surface area contributed by atoms with Crippen LogP contribution in [-0.2, 0) is 6.42 Å². The molecule has 2 aromatic rings. The lowest BCUT2D eigenvalue weighted by Gasteiger charge is -2.20. The van der Waals surface area contributed by atoms with Gasteiger partial charge in [-0.2, -0.15) is 0 Å². The topological polar surface area (TPSA) is 12.0 Å². The van der Waals surface area contributed by atoms with Crippen molar-refractivity contribution in [1.29, 1.82) is 0 Å². The van der Waals surface area contributed by atoms with Gasteiger partial charge in [-0.05, 0) is 24.9 Å². The molecule has 1 unspecified atom stereocenters. The summed E-state index contributed by atoms with van der Waals surface area (Å²) in [6.07, 6.45) is 1.29. The molecular formula is C17H18F3N. The van der Waals surface area contributed by atoms with Crippen LogP contribution >= 0.6 is 0 Å². The fraction of sp³-hybridized carbons (Fsp3) is 0.294. The standard InChI is InChI=1S/C17H18F3N/c1-2-8-21-16(9-12-6-4-3-5-7-12)17-14(19)10-13(18)11-15(17)20/h3-7,10-11,16,21H,2,8-9H2,1H3. The lowest BCUT2D eigenvalue weighted by atomic mass is 9.97. The van der Waals surface area contributed by atoms with E-state index in [1.54, 1.807) is 0 Å². The molecule has 0 aromatic heterocycles. The molecule has 1 nitrogen and oxygen atoms in total. The van der Waals surface area contributed by atoms with Crippen molar-refractivity contribution in [3.63, 3.8) is 0 Å². The average molecular weight is 293 g/mol. The van der Waals surface area contributed by atoms with Crippen LogP contribution in [-0.4, -0.2) is 6.54 Å². The summed E-state index contributed by atoms with van der Waals surface area (Å²) in [6, 6.07) is 10.4. The molecular weight excluding hydrogens is 275 g/mol. The molecule has 0 aliphatic carbocycles. The smallest absolute Gasteiger partial charge is 0.133 e. The molecule has 0 bridgehead atoms. The molecule has 0 amide bonds. The molecule has 2 aromatic carbocycles. The third kappa shape index (κ3) is 4.08. The first-order chi connectivity index (χ1) is 10.1. The Kier molecular flexibility index (Phi) is 5.39. The normalized spacial score (nSPS) is 12.4. The maximum absolute atomic E-state index is 14.0. The van der Waals surface area contributed by atoms with Crippen LogP contribution < -0.4 is 5.32 Å². The molecule has 2 rings (SSSR count). The summed E-state index contributed by atoms with van der Waals surface area (Å²) >= 11 is 0. The van der Waals surface area contributed by atoms with Crippen molar-refractivity contribution >= 4 is 0 Å². The minimum atomic E-state index is -0.900. The zero-order chi connectivity index (χ0) is 15.2. The van der Waals surface area contributed by atoms with Gasteiger partial charge in [-0.25, -0.2) is 13.2 Å². The van der Waals surface area contributed by atoms with Gasteiger partial charge in [-0.1, -0.05) is 37.3 Å². The molecule has 0 radical (unpaired) electrons. The largest absolute Gasteiger partial charge is 0.309 e. The van der Waals surface area contributed by atoms with Crippen molar-refractivity contribution in [1.82, 2.24) is 5.32 Å². The summed E-state index contributed by atoms with van der Waals surface area (Å²) in [6.45, 7) is 2.61. The molecule has 21 heavy (non-hydrogen) atoms. The van der Waals surface area contributed by atoms with Crippen LogP contribution in [0.3, 0.4) is 0 Å². The van der Waals surface area contributed by atoms with Crippen LogP contribution in [0.1, 0.15) is 30.5 Å². The Morgan fingerprint density at radius 3 is 2.19 bits per heavy atom. The summed E-state index contributed by atoms with van der Waals surface area (Å²) in [7, 11) is 0. The first kappa shape index (κ1) is 15.6. The molecule has 0 spiro atoms. The van der Waals surface area contributed by atoms with Crippen molar-refractivity contribution in [3.8, 4) is 0 Å². The average Bonchev–Trinajstić information content (AvgIpc) is 2.44. The van der Waals surface area contributed by atoms with E-state index in [1.165, 1.54) is 0 Å². The van der Waals surface area contributed by atoms with Gasteiger partial charge in [0.1, 0.15) is 17.5 Å². The van der Waals surface area contributed by atoms with E-state index in [4.69, 9.17) is 0 Å². The van der Waals surface area contributed by atoms with Crippen molar-refractivity contribution in [2.75, 3.05) is 6.54 Å². The second kappa shape index (κ2) is 7.27. The molecule has 0 saturated heterocycles. The molecule has 0 saturated carbocycles. The van der Waals surface area contributed by atoms with Crippen LogP contribution in [0.4, 0.5) is 13.2 Å². The van der Waals surface area contributed by atoms with Crippen LogP contribution in [0.2, 0.25) is 0 Å². The fourth-order valence-corrected chi connectivity index (χ4v) is 2.33. The summed E-state index contributed by atoms with van der Waals surface area (Å²) in [5, 5.41) is 3.13. The van der Waals surface area contributed by atoms with Crippen LogP contribution in [0.15, 0.2) is 42.5 Å². The monoisotopic (exact) mass is 293 g/mol. The molecule has 0 aliphatic rings. The lowest BCUT2D eigenvalue weighted by molar-refractivity contribution is 0.455. The van der Waals surface area contributed by atoms with Crippen LogP contribution in [0.5, 0.6) is 0 Å². The molecule has 112 valence electrons. The predicted molar refractivity (Wildman–Crippen MR) is 77.5 cm³/mol. The van der Waals surface area contributed by atoms with Crippen molar-refractivity contribution in [3.05, 3.63) is 71.0 Å². The zero-order valence-electron chi connectivity index (χ0n) is 11.9. The maximum atomic E-state index is 14.0. The second-order valence-corrected chi connectivity index (χ2v) is 4.98. The third-order valence-electron chi connectivity index (χ3n) is 3.32. The van der Waals surface area contributed by atoms with Gasteiger partial charge in [-0.15, -0.1) is 0 Å². The summed E-state index contributed by atoms with van der Waals surface area (Å²) < 4.78 is 41.0. The number of rotatable bonds is 6. The first-order valence-electron chi connectivity index (χ1n) is 7.03. The quantitative estimate of drug-likeness (QED) is 0.833. The van der Waals surface area contributed by atoms with E-state index >= 15 is 0 Å². The van der Waals surface area contributed by atoms with Gasteiger partial charge in [0, 0.05) is 23.7 Å². The Morgan fingerprint density at radius 1 is 1.00 bits per heavy atom. The highest BCUT2D eigenvalue weighted by Gasteiger charge is 2.21. The van der Waals surface area contributed by atoms with E-state index in [2.05, 4.69) is 5.32 Å². The van der Waals surface area contributed by atoms with E-state index in [0.717, 1.165) is 24.1 Å². The highest BCUT2D eigenvalue weighted by atomic mass is 19.1. The number of benzene rings is 2. The van der Waals surface area contributed by atoms with E-state index < -0.39 is 23.5 Å². The number of halogens is 3. The van der Waals surface area contributed by atoms with Gasteiger partial charge in [0.25, 0.3) is 0 Å². The van der Waals surface area contributed by atoms with Gasteiger partial charge in [0.15, 0.2) is 0 Å². The van der Waals surface area contributed by atoms with Gasteiger partial charge >= 0.3 is 0 Å². The van der Waals surface area contributed by atoms with Gasteiger partial charge in [0.05, 0.1) is 0 Å². The Balaban J connectivity index is 2.32. The molecule has 0 aliphatic heterocycles. The predicted octanol–water partition coefficient (Wildman–Crippen LogP) is 4.39. The van der Waals surface area contributed by atoms with Gasteiger partial charge in [-0.3, -0.25) is 0 Å². The number of hydrogen-bond donors (Lipinski definition) is 1. The van der Waals surface area contributed by atoms with Crippen LogP contribution in [0.25, 0.3) is 0 Å². The van der Waals surface area contributed by atoms with E-state index in [1.807, 2.05) is 37.3 Å². The summed E-state index contributed by atoms with van der Waals surface area (Å²) in [4.78, 5) is 0. The molecule has 0 fully saturated rings. The molecule has 1 atom stereocenters. The summed E-state index contributed by atoms with van der Waals surface area (Å²) in [5.74, 6) is -2.60. The fourth-order valence-electron chi connectivity index (χ4n) is 2.33. The SMILES string of the molecule is CCCNC(Cc1ccccc1)c1c(F)cc(F)cc1F. The maximum Gasteiger partial charge on any atom is 0.133 e. The second-order valence-electron chi connectivity index (χ2n) is 4.98. The van der Waals surface area contributed by atoms with Gasteiger partial charge in [0.2, 0.25) is 0 Å². The number of hydrogen-bond acceptors (Lipinski definition) is 1. The Labute approximate surface area is 122 Å². The highest BCUT2D eigenvalue weighted by molar-refractivity contribution is 5.27. The Morgan fingerprint density at radius 2 is 1.62 bits per heavy atom. The number of nitrogens with one attached hydrogen (secondary N) is 1. The van der Waals surface area contributed by atoms with Crippen molar-refractivity contribution in [2.24, 2.45) is 0 Å². The van der Waals surface area contributed by atoms with E-state index in [0.29, 0.717) is 13.0 Å². The minimum Gasteiger partial charge on any atom is -0.309 e. The van der Waals surface area contributed by atoms with Crippen LogP contribution in [0, 0.1) is 17.5 Å². The summed E-state index contributed by atoms with van der Waals surface area (Å²) in [5.41, 5.74) is 0.864. The lowest BCUT2D eigenvalue weighted by Crippen LogP contribution is -2.26. The third-order valence-corrected chi connectivity index (χ3v) is 3.32. The minimum absolute atomic E-state index is 0.103. The van der Waals surface area contributed by atoms with E-state index in [9.17, 15) is 13.2 Å². The molecule has 1 N–H and O–H groups in total. The highest BCUT2D eigenvalue weighted by Crippen LogP contribution is 2.25. The van der Waals surface area contributed by atoms with Gasteiger partial charge < -0.3 is 5.32 Å². The van der Waals surface area contributed by atoms with E-state index in [-0.39, 0.29) is 5.56 Å². The molecule has 0 heterocycles. The van der Waals surface area contributed by atoms with Crippen molar-refractivity contribution < 1.29 is 13.2 Å². The zero-order valence-corrected chi connectivity index (χ0v) is 11.9. The Bertz CT molecular complexity index is 561. The first-order valence-corrected chi connectivity index (χ1v) is 7.03. The molecule has 4 heteroatoms. The van der Waals surface area contributed by atoms with Crippen molar-refractivity contribution in [2.45, 2.75) is 25.8 Å².